The zero-order valence-corrected chi connectivity index (χ0v) is 16.6. The van der Waals surface area contributed by atoms with Crippen LogP contribution in [0.15, 0.2) is 60.7 Å². The molecule has 1 fully saturated rings. The topological polar surface area (TPSA) is 97.0 Å². The predicted molar refractivity (Wildman–Crippen MR) is 111 cm³/mol. The van der Waals surface area contributed by atoms with Gasteiger partial charge in [-0.2, -0.15) is 0 Å². The Kier molecular flexibility index (Phi) is 7.79. The third kappa shape index (κ3) is 6.31. The van der Waals surface area contributed by atoms with Crippen LogP contribution in [0.5, 0.6) is 0 Å². The van der Waals surface area contributed by atoms with Gasteiger partial charge in [-0.15, -0.1) is 0 Å². The average molecular weight is 411 g/mol. The second-order valence-corrected chi connectivity index (χ2v) is 6.72. The van der Waals surface area contributed by atoms with Gasteiger partial charge >= 0.3 is 12.0 Å². The Hall–Kier alpha value is -3.39. The van der Waals surface area contributed by atoms with Gasteiger partial charge in [0.1, 0.15) is 0 Å². The first-order chi connectivity index (χ1) is 14.6. The number of anilines is 1. The first-order valence-corrected chi connectivity index (χ1v) is 9.84. The number of rotatable bonds is 7. The number of hydrogen-bond donors (Lipinski definition) is 2. The van der Waals surface area contributed by atoms with Crippen molar-refractivity contribution in [3.05, 3.63) is 66.2 Å². The summed E-state index contributed by atoms with van der Waals surface area (Å²) in [6.07, 6.45) is -1.07. The highest BCUT2D eigenvalue weighted by molar-refractivity contribution is 5.89. The molecule has 158 valence electrons. The van der Waals surface area contributed by atoms with Crippen LogP contribution in [-0.4, -0.2) is 55.7 Å². The predicted octanol–water partition coefficient (Wildman–Crippen LogP) is 2.34. The van der Waals surface area contributed by atoms with Gasteiger partial charge in [0.05, 0.1) is 19.6 Å². The molecule has 1 aliphatic heterocycles. The van der Waals surface area contributed by atoms with E-state index in [4.69, 9.17) is 9.47 Å². The third-order valence-electron chi connectivity index (χ3n) is 4.55. The minimum absolute atomic E-state index is 0.0536. The molecule has 0 unspecified atom stereocenters. The van der Waals surface area contributed by atoms with E-state index in [0.29, 0.717) is 37.6 Å². The summed E-state index contributed by atoms with van der Waals surface area (Å²) in [5.41, 5.74) is 1.26. The largest absolute Gasteiger partial charge is 0.447 e. The van der Waals surface area contributed by atoms with Crippen molar-refractivity contribution >= 4 is 23.6 Å². The van der Waals surface area contributed by atoms with Gasteiger partial charge < -0.3 is 25.0 Å². The average Bonchev–Trinajstić information content (AvgIpc) is 2.79. The van der Waals surface area contributed by atoms with Gasteiger partial charge in [0, 0.05) is 30.9 Å². The number of nitrogens with one attached hydrogen (secondary N) is 2. The lowest BCUT2D eigenvalue weighted by molar-refractivity contribution is -0.162. The van der Waals surface area contributed by atoms with E-state index in [2.05, 4.69) is 10.6 Å². The number of hydrogen-bond acceptors (Lipinski definition) is 5. The van der Waals surface area contributed by atoms with E-state index >= 15 is 0 Å². The number of morpholine rings is 1. The Balaban J connectivity index is 1.52. The van der Waals surface area contributed by atoms with Crippen molar-refractivity contribution in [2.24, 2.45) is 0 Å². The second kappa shape index (κ2) is 11.0. The quantitative estimate of drug-likeness (QED) is 0.682. The highest BCUT2D eigenvalue weighted by Crippen LogP contribution is 2.21. The third-order valence-corrected chi connectivity index (χ3v) is 4.55. The van der Waals surface area contributed by atoms with Crippen LogP contribution in [0.25, 0.3) is 0 Å². The normalized spacial score (nSPS) is 14.5. The molecule has 0 aliphatic carbocycles. The lowest BCUT2D eigenvalue weighted by Gasteiger charge is -2.30. The lowest BCUT2D eigenvalue weighted by Crippen LogP contribution is -2.44. The number of urea groups is 1. The Morgan fingerprint density at radius 2 is 1.60 bits per heavy atom. The van der Waals surface area contributed by atoms with Crippen molar-refractivity contribution in [1.29, 1.82) is 0 Å². The molecular formula is C22H25N3O5. The molecule has 0 saturated carbocycles. The van der Waals surface area contributed by atoms with E-state index in [0.717, 1.165) is 0 Å². The maximum absolute atomic E-state index is 12.9. The van der Waals surface area contributed by atoms with Crippen LogP contribution in [-0.2, 0) is 19.1 Å². The molecule has 2 aromatic rings. The van der Waals surface area contributed by atoms with Crippen molar-refractivity contribution < 1.29 is 23.9 Å². The Labute approximate surface area is 175 Å². The number of ether oxygens (including phenoxy) is 2. The monoisotopic (exact) mass is 411 g/mol. The second-order valence-electron chi connectivity index (χ2n) is 6.72. The number of benzene rings is 2. The van der Waals surface area contributed by atoms with E-state index in [1.807, 2.05) is 24.3 Å². The summed E-state index contributed by atoms with van der Waals surface area (Å²) in [5, 5.41) is 5.27. The summed E-state index contributed by atoms with van der Waals surface area (Å²) >= 11 is 0. The molecule has 1 aliphatic rings. The van der Waals surface area contributed by atoms with E-state index < -0.39 is 18.1 Å². The molecule has 1 saturated heterocycles. The smallest absolute Gasteiger partial charge is 0.319 e. The van der Waals surface area contributed by atoms with Crippen LogP contribution in [0.1, 0.15) is 18.1 Å². The summed E-state index contributed by atoms with van der Waals surface area (Å²) in [5.74, 6) is -0.835. The Morgan fingerprint density at radius 1 is 0.967 bits per heavy atom. The zero-order chi connectivity index (χ0) is 21.2. The molecular weight excluding hydrogens is 386 g/mol. The van der Waals surface area contributed by atoms with Gasteiger partial charge in [0.25, 0.3) is 5.91 Å². The standard InChI is InChI=1S/C22H25N3O5/c26-19(11-12-23-22(28)24-18-9-5-2-6-10-18)30-20(17-7-3-1-4-8-17)21(27)25-13-15-29-16-14-25/h1-10,20H,11-16H2,(H2,23,24,28)/t20-/m1/s1. The molecule has 2 aromatic carbocycles. The highest BCUT2D eigenvalue weighted by atomic mass is 16.5. The summed E-state index contributed by atoms with van der Waals surface area (Å²) in [6.45, 7) is 1.93. The molecule has 1 heterocycles. The fraction of sp³-hybridized carbons (Fsp3) is 0.318. The van der Waals surface area contributed by atoms with Gasteiger partial charge in [0.2, 0.25) is 6.10 Å². The first-order valence-electron chi connectivity index (χ1n) is 9.84. The number of nitrogens with zero attached hydrogens (tertiary/aromatic N) is 1. The van der Waals surface area contributed by atoms with Gasteiger partial charge in [0.15, 0.2) is 0 Å². The van der Waals surface area contributed by atoms with Crippen LogP contribution in [0.2, 0.25) is 0 Å². The minimum atomic E-state index is -1.02. The molecule has 2 N–H and O–H groups in total. The van der Waals surface area contributed by atoms with E-state index in [1.165, 1.54) is 0 Å². The summed E-state index contributed by atoms with van der Waals surface area (Å²) in [4.78, 5) is 38.8. The molecule has 0 spiro atoms. The number of esters is 1. The molecule has 8 heteroatoms. The Bertz CT molecular complexity index is 838. The van der Waals surface area contributed by atoms with Gasteiger partial charge in [-0.25, -0.2) is 4.79 Å². The van der Waals surface area contributed by atoms with Gasteiger partial charge in [-0.1, -0.05) is 48.5 Å². The lowest BCUT2D eigenvalue weighted by atomic mass is 10.1. The molecule has 3 rings (SSSR count). The van der Waals surface area contributed by atoms with Gasteiger partial charge in [-0.05, 0) is 12.1 Å². The number of amides is 3. The molecule has 1 atom stereocenters. The summed E-state index contributed by atoms with van der Waals surface area (Å²) in [7, 11) is 0. The molecule has 3 amide bonds. The van der Waals surface area contributed by atoms with E-state index in [9.17, 15) is 14.4 Å². The molecule has 0 aromatic heterocycles. The van der Waals surface area contributed by atoms with Crippen molar-refractivity contribution in [2.45, 2.75) is 12.5 Å². The first kappa shape index (κ1) is 21.3. The summed E-state index contributed by atoms with van der Waals surface area (Å²) in [6, 6.07) is 17.5. The van der Waals surface area contributed by atoms with Crippen molar-refractivity contribution in [1.82, 2.24) is 10.2 Å². The maximum atomic E-state index is 12.9. The van der Waals surface area contributed by atoms with Crippen LogP contribution < -0.4 is 10.6 Å². The van der Waals surface area contributed by atoms with Crippen molar-refractivity contribution in [2.75, 3.05) is 38.2 Å². The molecule has 30 heavy (non-hydrogen) atoms. The SMILES string of the molecule is O=C(NCCC(=O)O[C@@H](C(=O)N1CCOCC1)c1ccccc1)Nc1ccccc1. The zero-order valence-electron chi connectivity index (χ0n) is 16.6. The van der Waals surface area contributed by atoms with E-state index in [1.54, 1.807) is 41.3 Å². The van der Waals surface area contributed by atoms with Crippen LogP contribution >= 0.6 is 0 Å². The van der Waals surface area contributed by atoms with E-state index in [-0.39, 0.29) is 18.9 Å². The molecule has 0 bridgehead atoms. The number of para-hydroxylation sites is 1. The fourth-order valence-electron chi connectivity index (χ4n) is 3.00. The fourth-order valence-corrected chi connectivity index (χ4v) is 3.00. The van der Waals surface area contributed by atoms with Crippen molar-refractivity contribution in [3.63, 3.8) is 0 Å². The number of carbonyl (C=O) groups is 3. The van der Waals surface area contributed by atoms with Crippen LogP contribution in [0.3, 0.4) is 0 Å². The minimum Gasteiger partial charge on any atom is -0.447 e. The molecule has 8 nitrogen and oxygen atoms in total. The molecule has 0 radical (unpaired) electrons. The highest BCUT2D eigenvalue weighted by Gasteiger charge is 2.30. The van der Waals surface area contributed by atoms with Crippen molar-refractivity contribution in [3.8, 4) is 0 Å². The maximum Gasteiger partial charge on any atom is 0.319 e. The van der Waals surface area contributed by atoms with Crippen LogP contribution in [0, 0.1) is 0 Å². The van der Waals surface area contributed by atoms with Gasteiger partial charge in [-0.3, -0.25) is 9.59 Å². The Morgan fingerprint density at radius 3 is 2.27 bits per heavy atom. The number of carbonyl (C=O) groups excluding carboxylic acids is 3. The summed E-state index contributed by atoms with van der Waals surface area (Å²) < 4.78 is 10.8. The van der Waals surface area contributed by atoms with Crippen LogP contribution in [0.4, 0.5) is 10.5 Å².